The van der Waals surface area contributed by atoms with Crippen molar-refractivity contribution < 1.29 is 0 Å². The van der Waals surface area contributed by atoms with Crippen LogP contribution in [0.5, 0.6) is 0 Å². The highest BCUT2D eigenvalue weighted by atomic mass is 79.9. The van der Waals surface area contributed by atoms with Gasteiger partial charge in [-0.2, -0.15) is 5.10 Å². The fourth-order valence-corrected chi connectivity index (χ4v) is 4.05. The zero-order chi connectivity index (χ0) is 14.8. The van der Waals surface area contributed by atoms with Gasteiger partial charge >= 0.3 is 0 Å². The summed E-state index contributed by atoms with van der Waals surface area (Å²) in [6.07, 6.45) is 2.92. The molecule has 0 fully saturated rings. The summed E-state index contributed by atoms with van der Waals surface area (Å²) in [6.45, 7) is 5.10. The van der Waals surface area contributed by atoms with E-state index in [1.165, 1.54) is 5.69 Å². The third kappa shape index (κ3) is 2.72. The molecule has 3 rings (SSSR count). The normalized spacial score (nSPS) is 11.4. The summed E-state index contributed by atoms with van der Waals surface area (Å²) < 4.78 is 5.18. The first-order valence-electron chi connectivity index (χ1n) is 6.91. The van der Waals surface area contributed by atoms with E-state index in [2.05, 4.69) is 49.8 Å². The van der Waals surface area contributed by atoms with Gasteiger partial charge in [0.2, 0.25) is 0 Å². The molecule has 7 heteroatoms. The largest absolute Gasteiger partial charge is 0.277 e. The summed E-state index contributed by atoms with van der Waals surface area (Å²) in [4.78, 5) is 0. The molecule has 3 heterocycles. The number of pyridine rings is 1. The van der Waals surface area contributed by atoms with Gasteiger partial charge in [-0.3, -0.25) is 9.08 Å². The van der Waals surface area contributed by atoms with Gasteiger partial charge in [-0.05, 0) is 41.4 Å². The van der Waals surface area contributed by atoms with E-state index < -0.39 is 0 Å². The minimum Gasteiger partial charge on any atom is -0.277 e. The Kier molecular flexibility index (Phi) is 4.30. The Balaban J connectivity index is 1.86. The van der Waals surface area contributed by atoms with Crippen LogP contribution in [0.1, 0.15) is 25.2 Å². The minimum absolute atomic E-state index is 0.817. The van der Waals surface area contributed by atoms with Crippen LogP contribution in [0.3, 0.4) is 0 Å². The molecule has 5 nitrogen and oxygen atoms in total. The molecule has 3 aromatic rings. The van der Waals surface area contributed by atoms with Crippen LogP contribution in [-0.2, 0) is 18.7 Å². The van der Waals surface area contributed by atoms with E-state index in [4.69, 9.17) is 0 Å². The van der Waals surface area contributed by atoms with E-state index in [0.717, 1.165) is 39.7 Å². The maximum atomic E-state index is 4.62. The molecule has 0 aromatic carbocycles. The van der Waals surface area contributed by atoms with Crippen molar-refractivity contribution in [3.63, 3.8) is 0 Å². The third-order valence-electron chi connectivity index (χ3n) is 3.31. The molecular weight excluding hydrogens is 350 g/mol. The van der Waals surface area contributed by atoms with Gasteiger partial charge in [0.05, 0.1) is 15.9 Å². The van der Waals surface area contributed by atoms with Crippen LogP contribution in [0.2, 0.25) is 0 Å². The second kappa shape index (κ2) is 6.19. The van der Waals surface area contributed by atoms with Crippen molar-refractivity contribution in [2.45, 2.75) is 37.7 Å². The van der Waals surface area contributed by atoms with Gasteiger partial charge in [0.1, 0.15) is 0 Å². The predicted molar refractivity (Wildman–Crippen MR) is 87.5 cm³/mol. The zero-order valence-corrected chi connectivity index (χ0v) is 14.4. The zero-order valence-electron chi connectivity index (χ0n) is 12.0. The van der Waals surface area contributed by atoms with Crippen molar-refractivity contribution in [3.05, 3.63) is 40.3 Å². The number of nitrogens with zero attached hydrogens (tertiary/aromatic N) is 5. The van der Waals surface area contributed by atoms with Gasteiger partial charge in [-0.1, -0.05) is 24.8 Å². The highest BCUT2D eigenvalue weighted by molar-refractivity contribution is 9.10. The average Bonchev–Trinajstić information content (AvgIpc) is 3.06. The van der Waals surface area contributed by atoms with Crippen LogP contribution >= 0.6 is 27.7 Å². The van der Waals surface area contributed by atoms with E-state index in [1.54, 1.807) is 11.8 Å². The lowest BCUT2D eigenvalue weighted by Gasteiger charge is -2.04. The van der Waals surface area contributed by atoms with Gasteiger partial charge in [0, 0.05) is 18.5 Å². The van der Waals surface area contributed by atoms with Gasteiger partial charge < -0.3 is 0 Å². The molecule has 0 bridgehead atoms. The van der Waals surface area contributed by atoms with Gasteiger partial charge in [0.15, 0.2) is 10.8 Å². The van der Waals surface area contributed by atoms with Gasteiger partial charge in [-0.15, -0.1) is 10.2 Å². The number of thioether (sulfide) groups is 1. The van der Waals surface area contributed by atoms with Crippen LogP contribution in [0.25, 0.3) is 5.65 Å². The number of aryl methyl sites for hydroxylation is 2. The topological polar surface area (TPSA) is 48.0 Å². The molecule has 0 aliphatic heterocycles. The summed E-state index contributed by atoms with van der Waals surface area (Å²) in [5.74, 6) is 0.817. The Bertz CT molecular complexity index is 764. The summed E-state index contributed by atoms with van der Waals surface area (Å²) in [5.41, 5.74) is 3.18. The van der Waals surface area contributed by atoms with Crippen molar-refractivity contribution in [3.8, 4) is 0 Å². The molecule has 0 aliphatic carbocycles. The molecule has 3 aromatic heterocycles. The highest BCUT2D eigenvalue weighted by Gasteiger charge is 2.15. The lowest BCUT2D eigenvalue weighted by atomic mass is 10.3. The monoisotopic (exact) mass is 365 g/mol. The van der Waals surface area contributed by atoms with Crippen LogP contribution in [0.4, 0.5) is 0 Å². The number of hydrogen-bond donors (Lipinski definition) is 0. The first-order valence-corrected chi connectivity index (χ1v) is 8.69. The van der Waals surface area contributed by atoms with Gasteiger partial charge in [-0.25, -0.2) is 0 Å². The Morgan fingerprint density at radius 2 is 2.10 bits per heavy atom. The van der Waals surface area contributed by atoms with Crippen molar-refractivity contribution in [1.82, 2.24) is 24.4 Å². The Hall–Kier alpha value is -1.34. The summed E-state index contributed by atoms with van der Waals surface area (Å²) >= 11 is 5.35. The Morgan fingerprint density at radius 3 is 2.86 bits per heavy atom. The van der Waals surface area contributed by atoms with E-state index in [0.29, 0.717) is 0 Å². The molecule has 0 N–H and O–H groups in total. The maximum Gasteiger partial charge on any atom is 0.195 e. The lowest BCUT2D eigenvalue weighted by molar-refractivity contribution is 0.627. The molecule has 0 aliphatic rings. The smallest absolute Gasteiger partial charge is 0.195 e. The fourth-order valence-electron chi connectivity index (χ4n) is 2.21. The molecule has 21 heavy (non-hydrogen) atoms. The first-order chi connectivity index (χ1) is 10.2. The molecule has 0 unspecified atom stereocenters. The Morgan fingerprint density at radius 1 is 1.24 bits per heavy atom. The number of fused-ring (bicyclic) bond motifs is 1. The summed E-state index contributed by atoms with van der Waals surface area (Å²) in [6, 6.07) is 5.91. The fraction of sp³-hybridized carbons (Fsp3) is 0.357. The molecule has 0 amide bonds. The minimum atomic E-state index is 0.817. The maximum absolute atomic E-state index is 4.62. The molecule has 0 spiro atoms. The van der Waals surface area contributed by atoms with Crippen LogP contribution in [0.15, 0.2) is 34.0 Å². The molecule has 0 saturated heterocycles. The second-order valence-corrected chi connectivity index (χ2v) is 6.31. The van der Waals surface area contributed by atoms with Crippen LogP contribution in [-0.4, -0.2) is 24.4 Å². The Labute approximate surface area is 135 Å². The van der Waals surface area contributed by atoms with Crippen molar-refractivity contribution in [1.29, 1.82) is 0 Å². The SMILES string of the molecule is CCc1nn(CC)c(CSc2nnc3ccccn23)c1Br. The quantitative estimate of drug-likeness (QED) is 0.648. The number of hydrogen-bond acceptors (Lipinski definition) is 4. The summed E-state index contributed by atoms with van der Waals surface area (Å²) in [5, 5.41) is 14.0. The first kappa shape index (κ1) is 14.6. The average molecular weight is 366 g/mol. The van der Waals surface area contributed by atoms with Gasteiger partial charge in [0.25, 0.3) is 0 Å². The van der Waals surface area contributed by atoms with Crippen LogP contribution in [0, 0.1) is 0 Å². The molecule has 0 atom stereocenters. The number of aromatic nitrogens is 5. The van der Waals surface area contributed by atoms with E-state index >= 15 is 0 Å². The van der Waals surface area contributed by atoms with Crippen molar-refractivity contribution in [2.24, 2.45) is 0 Å². The molecule has 0 radical (unpaired) electrons. The van der Waals surface area contributed by atoms with E-state index in [-0.39, 0.29) is 0 Å². The molecule has 110 valence electrons. The second-order valence-electron chi connectivity index (χ2n) is 4.58. The number of rotatable bonds is 5. The van der Waals surface area contributed by atoms with Crippen LogP contribution < -0.4 is 0 Å². The predicted octanol–water partition coefficient (Wildman–Crippen LogP) is 3.56. The molecule has 0 saturated carbocycles. The van der Waals surface area contributed by atoms with Crippen molar-refractivity contribution in [2.75, 3.05) is 0 Å². The lowest BCUT2D eigenvalue weighted by Crippen LogP contribution is -2.02. The summed E-state index contributed by atoms with van der Waals surface area (Å²) in [7, 11) is 0. The van der Waals surface area contributed by atoms with E-state index in [9.17, 15) is 0 Å². The molecular formula is C14H16BrN5S. The van der Waals surface area contributed by atoms with E-state index in [1.807, 2.05) is 28.8 Å². The van der Waals surface area contributed by atoms with Crippen molar-refractivity contribution >= 4 is 33.3 Å². The number of halogens is 1. The third-order valence-corrected chi connectivity index (χ3v) is 5.18. The standard InChI is InChI=1S/C14H16BrN5S/c1-3-10-13(15)11(20(4-2)18-10)9-21-14-17-16-12-7-5-6-8-19(12)14/h5-8H,3-4,9H2,1-2H3. The highest BCUT2D eigenvalue weighted by Crippen LogP contribution is 2.29.